The molecule has 0 saturated carbocycles. The van der Waals surface area contributed by atoms with Crippen molar-refractivity contribution in [2.24, 2.45) is 0 Å². The zero-order chi connectivity index (χ0) is 19.6. The van der Waals surface area contributed by atoms with Crippen LogP contribution < -0.4 is 9.46 Å². The molecule has 0 aliphatic heterocycles. The molecule has 1 unspecified atom stereocenters. The predicted octanol–water partition coefficient (Wildman–Crippen LogP) is 2.95. The van der Waals surface area contributed by atoms with Crippen LogP contribution in [0.15, 0.2) is 18.2 Å². The minimum absolute atomic E-state index is 0.0879. The van der Waals surface area contributed by atoms with E-state index in [0.717, 1.165) is 46.5 Å². The van der Waals surface area contributed by atoms with Crippen LogP contribution in [-0.4, -0.2) is 37.3 Å². The quantitative estimate of drug-likeness (QED) is 0.693. The molecule has 7 nitrogen and oxygen atoms in total. The number of thiazole rings is 1. The van der Waals surface area contributed by atoms with E-state index in [1.54, 1.807) is 0 Å². The molecular formula is C18H22N2O5S2. The lowest BCUT2D eigenvalue weighted by Gasteiger charge is -2.10. The lowest BCUT2D eigenvalue weighted by molar-refractivity contribution is -0.137. The minimum atomic E-state index is -3.33. The Kier molecular flexibility index (Phi) is 5.71. The van der Waals surface area contributed by atoms with Crippen LogP contribution in [0.4, 0.5) is 5.13 Å². The molecular weight excluding hydrogens is 388 g/mol. The van der Waals surface area contributed by atoms with Gasteiger partial charge in [-0.25, -0.2) is 13.4 Å². The smallest absolute Gasteiger partial charge is 0.303 e. The second kappa shape index (κ2) is 7.85. The Labute approximate surface area is 162 Å². The molecule has 0 amide bonds. The van der Waals surface area contributed by atoms with Crippen molar-refractivity contribution in [1.29, 1.82) is 0 Å². The van der Waals surface area contributed by atoms with E-state index in [0.29, 0.717) is 18.2 Å². The van der Waals surface area contributed by atoms with Crippen molar-refractivity contribution in [3.63, 3.8) is 0 Å². The maximum Gasteiger partial charge on any atom is 0.303 e. The third kappa shape index (κ3) is 5.20. The molecule has 3 rings (SSSR count). The molecule has 1 aromatic carbocycles. The van der Waals surface area contributed by atoms with Crippen molar-refractivity contribution in [1.82, 2.24) is 4.98 Å². The number of sulfonamides is 1. The number of nitrogens with one attached hydrogen (secondary N) is 1. The first-order valence-electron chi connectivity index (χ1n) is 8.63. The second-order valence-corrected chi connectivity index (χ2v) is 9.64. The number of aromatic nitrogens is 1. The van der Waals surface area contributed by atoms with E-state index in [9.17, 15) is 13.2 Å². The van der Waals surface area contributed by atoms with E-state index in [4.69, 9.17) is 9.84 Å². The Morgan fingerprint density at radius 1 is 1.44 bits per heavy atom. The summed E-state index contributed by atoms with van der Waals surface area (Å²) in [5, 5.41) is 9.36. The van der Waals surface area contributed by atoms with Crippen LogP contribution in [0.5, 0.6) is 5.75 Å². The van der Waals surface area contributed by atoms with Gasteiger partial charge in [0, 0.05) is 11.3 Å². The molecule has 0 saturated heterocycles. The fourth-order valence-corrected chi connectivity index (χ4v) is 5.02. The average Bonchev–Trinajstić information content (AvgIpc) is 3.09. The van der Waals surface area contributed by atoms with Crippen molar-refractivity contribution < 1.29 is 23.1 Å². The van der Waals surface area contributed by atoms with Gasteiger partial charge in [-0.1, -0.05) is 6.07 Å². The van der Waals surface area contributed by atoms with Gasteiger partial charge >= 0.3 is 5.97 Å². The van der Waals surface area contributed by atoms with Crippen molar-refractivity contribution in [3.8, 4) is 5.75 Å². The fourth-order valence-electron chi connectivity index (χ4n) is 3.32. The number of benzene rings is 1. The molecule has 1 aliphatic rings. The first kappa shape index (κ1) is 19.6. The molecule has 2 N–H and O–H groups in total. The summed E-state index contributed by atoms with van der Waals surface area (Å²) in [6.45, 7) is 2.33. The number of rotatable bonds is 8. The summed E-state index contributed by atoms with van der Waals surface area (Å²) in [4.78, 5) is 16.2. The Morgan fingerprint density at radius 2 is 2.22 bits per heavy atom. The minimum Gasteiger partial charge on any atom is -0.493 e. The summed E-state index contributed by atoms with van der Waals surface area (Å²) in [5.74, 6) is 0.0774. The number of carboxylic acid groups (broad SMARTS) is 1. The molecule has 146 valence electrons. The number of carbonyl (C=O) groups is 1. The van der Waals surface area contributed by atoms with Gasteiger partial charge in [0.1, 0.15) is 5.75 Å². The number of hydrogen-bond donors (Lipinski definition) is 2. The topological polar surface area (TPSA) is 106 Å². The van der Waals surface area contributed by atoms with Crippen LogP contribution in [0.25, 0.3) is 0 Å². The van der Waals surface area contributed by atoms with Crippen molar-refractivity contribution in [2.75, 3.05) is 17.6 Å². The van der Waals surface area contributed by atoms with Gasteiger partial charge in [0.25, 0.3) is 0 Å². The van der Waals surface area contributed by atoms with Crippen molar-refractivity contribution >= 4 is 32.5 Å². The van der Waals surface area contributed by atoms with E-state index in [1.165, 1.54) is 11.3 Å². The summed E-state index contributed by atoms with van der Waals surface area (Å²) >= 11 is 1.30. The number of hydrogen-bond acceptors (Lipinski definition) is 6. The molecule has 0 bridgehead atoms. The largest absolute Gasteiger partial charge is 0.493 e. The number of fused-ring (bicyclic) bond motifs is 1. The molecule has 1 aromatic heterocycles. The summed E-state index contributed by atoms with van der Waals surface area (Å²) in [7, 11) is -3.33. The molecule has 0 radical (unpaired) electrons. The highest BCUT2D eigenvalue weighted by Crippen LogP contribution is 2.37. The monoisotopic (exact) mass is 410 g/mol. The first-order valence-corrected chi connectivity index (χ1v) is 11.3. The lowest BCUT2D eigenvalue weighted by atomic mass is 9.98. The van der Waals surface area contributed by atoms with Gasteiger partial charge in [-0.2, -0.15) is 0 Å². The molecule has 0 spiro atoms. The van der Waals surface area contributed by atoms with Gasteiger partial charge in [-0.05, 0) is 48.9 Å². The average molecular weight is 411 g/mol. The second-order valence-electron chi connectivity index (χ2n) is 6.69. The Morgan fingerprint density at radius 3 is 2.93 bits per heavy atom. The normalized spacial score (nSPS) is 16.1. The number of nitrogens with zero attached hydrogens (tertiary/aromatic N) is 1. The third-order valence-corrected chi connectivity index (χ3v) is 6.13. The first-order chi connectivity index (χ1) is 12.7. The Bertz CT molecular complexity index is 953. The summed E-state index contributed by atoms with van der Waals surface area (Å²) in [6, 6.07) is 5.83. The molecule has 27 heavy (non-hydrogen) atoms. The van der Waals surface area contributed by atoms with Gasteiger partial charge in [-0.3, -0.25) is 9.52 Å². The molecule has 9 heteroatoms. The molecule has 2 aromatic rings. The highest BCUT2D eigenvalue weighted by atomic mass is 32.2. The van der Waals surface area contributed by atoms with Gasteiger partial charge < -0.3 is 9.84 Å². The van der Waals surface area contributed by atoms with Crippen molar-refractivity contribution in [3.05, 3.63) is 39.9 Å². The van der Waals surface area contributed by atoms with Gasteiger partial charge in [-0.15, -0.1) is 11.3 Å². The Hall–Kier alpha value is -2.13. The van der Waals surface area contributed by atoms with E-state index < -0.39 is 16.0 Å². The van der Waals surface area contributed by atoms with Crippen LogP contribution >= 0.6 is 11.3 Å². The highest BCUT2D eigenvalue weighted by molar-refractivity contribution is 7.92. The summed E-state index contributed by atoms with van der Waals surface area (Å²) in [6.07, 6.45) is 3.57. The molecule has 1 atom stereocenters. The summed E-state index contributed by atoms with van der Waals surface area (Å²) in [5.41, 5.74) is 3.08. The van der Waals surface area contributed by atoms with Crippen LogP contribution in [0.2, 0.25) is 0 Å². The van der Waals surface area contributed by atoms with E-state index in [2.05, 4.69) is 9.71 Å². The van der Waals surface area contributed by atoms with Gasteiger partial charge in [0.2, 0.25) is 10.0 Å². The fraction of sp³-hybridized carbons (Fsp3) is 0.444. The zero-order valence-electron chi connectivity index (χ0n) is 15.2. The number of anilines is 1. The number of ether oxygens (including phenoxy) is 1. The molecule has 1 heterocycles. The van der Waals surface area contributed by atoms with E-state index in [-0.39, 0.29) is 12.3 Å². The number of aliphatic carboxylic acids is 1. The van der Waals surface area contributed by atoms with E-state index in [1.807, 2.05) is 25.1 Å². The third-order valence-electron chi connectivity index (χ3n) is 4.51. The zero-order valence-corrected chi connectivity index (χ0v) is 16.8. The number of aryl methyl sites for hydroxylation is 2. The van der Waals surface area contributed by atoms with Crippen molar-refractivity contribution in [2.45, 2.75) is 38.5 Å². The molecule has 0 fully saturated rings. The Balaban J connectivity index is 1.58. The summed E-state index contributed by atoms with van der Waals surface area (Å²) < 4.78 is 30.8. The maximum atomic E-state index is 11.3. The van der Waals surface area contributed by atoms with Crippen LogP contribution in [0, 0.1) is 6.92 Å². The van der Waals surface area contributed by atoms with Crippen LogP contribution in [0.1, 0.15) is 40.5 Å². The van der Waals surface area contributed by atoms with Crippen LogP contribution in [-0.2, 0) is 27.7 Å². The lowest BCUT2D eigenvalue weighted by Crippen LogP contribution is -2.09. The highest BCUT2D eigenvalue weighted by Gasteiger charge is 2.24. The van der Waals surface area contributed by atoms with Crippen LogP contribution in [0.3, 0.4) is 0 Å². The standard InChI is InChI=1S/C18H22N2O5S2/c1-11-16(19-18(26-11)20-27(2,23)24)7-8-25-14-5-6-15-12(9-14)3-4-13(15)10-17(21)22/h5-6,9,13H,3-4,7-8,10H2,1-2H3,(H,19,20)(H,21,22). The van der Waals surface area contributed by atoms with Gasteiger partial charge in [0.05, 0.1) is 25.0 Å². The number of carboxylic acids is 1. The SMILES string of the molecule is Cc1sc(NS(C)(=O)=O)nc1CCOc1ccc2c(c1)CCC2CC(=O)O. The maximum absolute atomic E-state index is 11.3. The molecule has 1 aliphatic carbocycles. The predicted molar refractivity (Wildman–Crippen MR) is 104 cm³/mol. The van der Waals surface area contributed by atoms with Gasteiger partial charge in [0.15, 0.2) is 5.13 Å². The van der Waals surface area contributed by atoms with E-state index >= 15 is 0 Å².